The first-order chi connectivity index (χ1) is 6.61. The highest BCUT2D eigenvalue weighted by Crippen LogP contribution is 2.32. The summed E-state index contributed by atoms with van der Waals surface area (Å²) in [6.07, 6.45) is 5.21. The molecule has 0 aromatic heterocycles. The van der Waals surface area contributed by atoms with Crippen LogP contribution < -0.4 is 0 Å². The molecule has 74 valence electrons. The number of hydrogen-bond acceptors (Lipinski definition) is 3. The smallest absolute Gasteiger partial charge is 0.306 e. The van der Waals surface area contributed by atoms with Gasteiger partial charge in [0, 0.05) is 12.5 Å². The lowest BCUT2D eigenvalue weighted by Gasteiger charge is -2.32. The minimum Gasteiger partial charge on any atom is -0.450 e. The van der Waals surface area contributed by atoms with Gasteiger partial charge in [0.2, 0.25) is 5.78 Å². The van der Waals surface area contributed by atoms with Crippen LogP contribution in [0.3, 0.4) is 0 Å². The van der Waals surface area contributed by atoms with Gasteiger partial charge in [0.25, 0.3) is 0 Å². The van der Waals surface area contributed by atoms with Crippen LogP contribution >= 0.6 is 0 Å². The summed E-state index contributed by atoms with van der Waals surface area (Å²) in [5.74, 6) is -1.86. The normalized spacial score (nSPS) is 31.6. The highest BCUT2D eigenvalue weighted by atomic mass is 19.1. The van der Waals surface area contributed by atoms with Crippen molar-refractivity contribution in [2.45, 2.75) is 24.9 Å². The lowest BCUT2D eigenvalue weighted by molar-refractivity contribution is -0.157. The van der Waals surface area contributed by atoms with Crippen molar-refractivity contribution in [2.24, 2.45) is 0 Å². The molecule has 0 aromatic carbocycles. The van der Waals surface area contributed by atoms with Crippen molar-refractivity contribution >= 4 is 11.8 Å². The molecule has 3 nitrogen and oxygen atoms in total. The highest BCUT2D eigenvalue weighted by Gasteiger charge is 2.36. The van der Waals surface area contributed by atoms with Gasteiger partial charge in [-0.3, -0.25) is 9.59 Å². The number of ketones is 1. The van der Waals surface area contributed by atoms with Gasteiger partial charge < -0.3 is 4.74 Å². The molecule has 4 heteroatoms. The van der Waals surface area contributed by atoms with Crippen LogP contribution in [0.15, 0.2) is 24.1 Å². The van der Waals surface area contributed by atoms with Gasteiger partial charge in [0.15, 0.2) is 11.4 Å². The predicted octanol–water partition coefficient (Wildman–Crippen LogP) is 1.44. The van der Waals surface area contributed by atoms with E-state index in [-0.39, 0.29) is 5.97 Å². The summed E-state index contributed by atoms with van der Waals surface area (Å²) < 4.78 is 18.0. The van der Waals surface area contributed by atoms with E-state index in [4.69, 9.17) is 4.74 Å². The van der Waals surface area contributed by atoms with E-state index in [1.807, 2.05) is 0 Å². The number of rotatable bonds is 0. The fraction of sp³-hybridized carbons (Fsp3) is 0.400. The maximum absolute atomic E-state index is 13.0. The minimum absolute atomic E-state index is 0.348. The molecule has 1 fully saturated rings. The van der Waals surface area contributed by atoms with Crippen molar-refractivity contribution in [3.05, 3.63) is 24.1 Å². The summed E-state index contributed by atoms with van der Waals surface area (Å²) in [7, 11) is 0. The summed E-state index contributed by atoms with van der Waals surface area (Å²) >= 11 is 0. The number of halogens is 1. The Bertz CT molecular complexity index is 356. The van der Waals surface area contributed by atoms with Crippen molar-refractivity contribution in [3.63, 3.8) is 0 Å². The molecule has 1 atom stereocenters. The average molecular weight is 196 g/mol. The molecule has 0 aromatic rings. The van der Waals surface area contributed by atoms with Gasteiger partial charge in [-0.25, -0.2) is 4.39 Å². The molecule has 1 unspecified atom stereocenters. The first kappa shape index (κ1) is 9.12. The molecular formula is C10H9FO3. The summed E-state index contributed by atoms with van der Waals surface area (Å²) in [5, 5.41) is 0. The fourth-order valence-electron chi connectivity index (χ4n) is 1.67. The summed E-state index contributed by atoms with van der Waals surface area (Å²) in [5.41, 5.74) is -1.01. The van der Waals surface area contributed by atoms with Crippen LogP contribution in [0.4, 0.5) is 4.39 Å². The van der Waals surface area contributed by atoms with Crippen molar-refractivity contribution < 1.29 is 18.7 Å². The first-order valence-electron chi connectivity index (χ1n) is 4.45. The Hall–Kier alpha value is -1.45. The number of carbonyl (C=O) groups excluding carboxylic acids is 2. The van der Waals surface area contributed by atoms with E-state index >= 15 is 0 Å². The van der Waals surface area contributed by atoms with Gasteiger partial charge in [-0.2, -0.15) is 0 Å². The van der Waals surface area contributed by atoms with Gasteiger partial charge >= 0.3 is 5.97 Å². The van der Waals surface area contributed by atoms with Gasteiger partial charge in [0.05, 0.1) is 0 Å². The maximum Gasteiger partial charge on any atom is 0.306 e. The van der Waals surface area contributed by atoms with Crippen molar-refractivity contribution in [1.82, 2.24) is 0 Å². The Balaban J connectivity index is 2.28. The van der Waals surface area contributed by atoms with E-state index in [2.05, 4.69) is 0 Å². The molecule has 0 amide bonds. The van der Waals surface area contributed by atoms with E-state index in [1.165, 1.54) is 6.08 Å². The zero-order valence-corrected chi connectivity index (χ0v) is 7.46. The lowest BCUT2D eigenvalue weighted by Crippen LogP contribution is -2.37. The second-order valence-electron chi connectivity index (χ2n) is 3.47. The summed E-state index contributed by atoms with van der Waals surface area (Å²) in [4.78, 5) is 21.9. The Morgan fingerprint density at radius 1 is 1.43 bits per heavy atom. The Morgan fingerprint density at radius 2 is 2.21 bits per heavy atom. The van der Waals surface area contributed by atoms with Gasteiger partial charge in [-0.15, -0.1) is 0 Å². The number of allylic oxidation sites excluding steroid dienone is 2. The van der Waals surface area contributed by atoms with Crippen LogP contribution in [0.25, 0.3) is 0 Å². The van der Waals surface area contributed by atoms with Gasteiger partial charge in [0.1, 0.15) is 0 Å². The number of ether oxygens (including phenoxy) is 1. The number of esters is 1. The minimum atomic E-state index is -1.01. The van der Waals surface area contributed by atoms with Crippen LogP contribution in [-0.2, 0) is 14.3 Å². The average Bonchev–Trinajstić information content (AvgIpc) is 2.12. The molecule has 1 spiro atoms. The van der Waals surface area contributed by atoms with E-state index < -0.39 is 17.2 Å². The Morgan fingerprint density at radius 3 is 2.86 bits per heavy atom. The van der Waals surface area contributed by atoms with Gasteiger partial charge in [-0.1, -0.05) is 0 Å². The largest absolute Gasteiger partial charge is 0.450 e. The van der Waals surface area contributed by atoms with Crippen LogP contribution in [-0.4, -0.2) is 17.4 Å². The third kappa shape index (κ3) is 1.47. The van der Waals surface area contributed by atoms with E-state index in [9.17, 15) is 14.0 Å². The predicted molar refractivity (Wildman–Crippen MR) is 46.0 cm³/mol. The molecule has 2 aliphatic rings. The number of hydrogen-bond donors (Lipinski definition) is 0. The molecule has 0 bridgehead atoms. The molecule has 1 heterocycles. The molecule has 14 heavy (non-hydrogen) atoms. The van der Waals surface area contributed by atoms with Crippen molar-refractivity contribution in [2.75, 3.05) is 0 Å². The third-order valence-electron chi connectivity index (χ3n) is 2.38. The SMILES string of the molecule is O=C1CCCC2(C=CC(=O)C(F)=C2)O1. The first-order valence-corrected chi connectivity index (χ1v) is 4.45. The van der Waals surface area contributed by atoms with Crippen LogP contribution in [0, 0.1) is 0 Å². The quantitative estimate of drug-likeness (QED) is 0.550. The highest BCUT2D eigenvalue weighted by molar-refractivity contribution is 6.03. The second kappa shape index (κ2) is 3.04. The van der Waals surface area contributed by atoms with Gasteiger partial charge in [-0.05, 0) is 25.0 Å². The molecule has 1 aliphatic carbocycles. The Labute approximate surface area is 80.2 Å². The third-order valence-corrected chi connectivity index (χ3v) is 2.38. The molecule has 0 N–H and O–H groups in total. The summed E-state index contributed by atoms with van der Waals surface area (Å²) in [6, 6.07) is 0. The van der Waals surface area contributed by atoms with Crippen LogP contribution in [0.1, 0.15) is 19.3 Å². The van der Waals surface area contributed by atoms with Crippen LogP contribution in [0.2, 0.25) is 0 Å². The fourth-order valence-corrected chi connectivity index (χ4v) is 1.67. The molecule has 1 aliphatic heterocycles. The van der Waals surface area contributed by atoms with E-state index in [0.717, 1.165) is 12.2 Å². The van der Waals surface area contributed by atoms with Crippen LogP contribution in [0.5, 0.6) is 0 Å². The zero-order chi connectivity index (χ0) is 10.2. The maximum atomic E-state index is 13.0. The topological polar surface area (TPSA) is 43.4 Å². The molecule has 0 saturated carbocycles. The lowest BCUT2D eigenvalue weighted by atomic mass is 9.89. The van der Waals surface area contributed by atoms with E-state index in [1.54, 1.807) is 0 Å². The van der Waals surface area contributed by atoms with E-state index in [0.29, 0.717) is 19.3 Å². The second-order valence-corrected chi connectivity index (χ2v) is 3.47. The molecule has 2 rings (SSSR count). The number of carbonyl (C=O) groups is 2. The van der Waals surface area contributed by atoms with Crippen molar-refractivity contribution in [1.29, 1.82) is 0 Å². The molecular weight excluding hydrogens is 187 g/mol. The zero-order valence-electron chi connectivity index (χ0n) is 7.46. The molecule has 1 saturated heterocycles. The summed E-state index contributed by atoms with van der Waals surface area (Å²) in [6.45, 7) is 0. The monoisotopic (exact) mass is 196 g/mol. The standard InChI is InChI=1S/C10H9FO3/c11-7-6-10(5-3-8(7)12)4-1-2-9(13)14-10/h3,5-6H,1-2,4H2. The van der Waals surface area contributed by atoms with Crippen molar-refractivity contribution in [3.8, 4) is 0 Å². The molecule has 0 radical (unpaired) electrons. The Kier molecular flexibility index (Phi) is 1.98.